The van der Waals surface area contributed by atoms with Gasteiger partial charge in [0.25, 0.3) is 0 Å². The Morgan fingerprint density at radius 2 is 1.75 bits per heavy atom. The smallest absolute Gasteiger partial charge is 0.303 e. The lowest BCUT2D eigenvalue weighted by Gasteiger charge is -2.10. The van der Waals surface area contributed by atoms with Crippen LogP contribution >= 0.6 is 0 Å². The molecule has 0 bridgehead atoms. The van der Waals surface area contributed by atoms with Crippen LogP contribution in [0.2, 0.25) is 0 Å². The molecule has 164 valence electrons. The van der Waals surface area contributed by atoms with E-state index in [9.17, 15) is 4.79 Å². The third kappa shape index (κ3) is 4.83. The number of pyridine rings is 1. The topological polar surface area (TPSA) is 75.4 Å². The van der Waals surface area contributed by atoms with E-state index >= 15 is 0 Å². The maximum absolute atomic E-state index is 10.7. The Labute approximate surface area is 188 Å². The summed E-state index contributed by atoms with van der Waals surface area (Å²) in [5, 5.41) is 13.3. The van der Waals surface area contributed by atoms with Gasteiger partial charge in [-0.2, -0.15) is 0 Å². The van der Waals surface area contributed by atoms with Crippen LogP contribution in [0.15, 0.2) is 71.3 Å². The molecule has 0 fully saturated rings. The lowest BCUT2D eigenvalue weighted by molar-refractivity contribution is -0.137. The number of unbranched alkanes of at least 4 members (excludes halogenated alkanes) is 2. The molecular formula is C27H28N2O3. The van der Waals surface area contributed by atoms with Crippen molar-refractivity contribution in [3.05, 3.63) is 72.4 Å². The van der Waals surface area contributed by atoms with E-state index in [0.717, 1.165) is 59.3 Å². The molecule has 0 saturated carbocycles. The fourth-order valence-electron chi connectivity index (χ4n) is 3.95. The van der Waals surface area contributed by atoms with Crippen LogP contribution in [0.1, 0.15) is 38.2 Å². The summed E-state index contributed by atoms with van der Waals surface area (Å²) in [5.74, 6) is 0.0763. The van der Waals surface area contributed by atoms with Crippen molar-refractivity contribution in [2.24, 2.45) is 0 Å². The van der Waals surface area contributed by atoms with Crippen LogP contribution in [0.5, 0.6) is 0 Å². The minimum Gasteiger partial charge on any atom is -0.481 e. The second-order valence-corrected chi connectivity index (χ2v) is 7.89. The number of nitrogens with one attached hydrogen (secondary N) is 1. The molecule has 2 heterocycles. The molecule has 0 aliphatic heterocycles. The van der Waals surface area contributed by atoms with Gasteiger partial charge in [0.1, 0.15) is 5.76 Å². The van der Waals surface area contributed by atoms with Crippen molar-refractivity contribution in [3.8, 4) is 22.5 Å². The number of nitrogens with zero attached hydrogens (tertiary/aromatic N) is 1. The summed E-state index contributed by atoms with van der Waals surface area (Å²) >= 11 is 0. The molecule has 5 nitrogen and oxygen atoms in total. The maximum atomic E-state index is 10.7. The number of aryl methyl sites for hydroxylation is 1. The number of carbonyl (C=O) groups is 1. The quantitative estimate of drug-likeness (QED) is 0.272. The van der Waals surface area contributed by atoms with E-state index in [0.29, 0.717) is 12.1 Å². The van der Waals surface area contributed by atoms with Crippen molar-refractivity contribution in [3.63, 3.8) is 0 Å². The first kappa shape index (κ1) is 21.6. The van der Waals surface area contributed by atoms with Crippen LogP contribution < -0.4 is 5.32 Å². The highest BCUT2D eigenvalue weighted by atomic mass is 16.4. The van der Waals surface area contributed by atoms with Gasteiger partial charge in [-0.3, -0.25) is 4.79 Å². The average Bonchev–Trinajstić information content (AvgIpc) is 3.22. The van der Waals surface area contributed by atoms with E-state index in [1.54, 1.807) is 6.20 Å². The normalized spacial score (nSPS) is 11.0. The predicted molar refractivity (Wildman–Crippen MR) is 129 cm³/mol. The molecule has 0 spiro atoms. The highest BCUT2D eigenvalue weighted by Gasteiger charge is 2.21. The average molecular weight is 429 g/mol. The molecular weight excluding hydrogens is 400 g/mol. The molecule has 0 radical (unpaired) electrons. The molecule has 0 aliphatic rings. The van der Waals surface area contributed by atoms with Gasteiger partial charge < -0.3 is 14.8 Å². The number of aliphatic carboxylic acids is 1. The molecule has 0 amide bonds. The van der Waals surface area contributed by atoms with E-state index < -0.39 is 5.97 Å². The third-order valence-electron chi connectivity index (χ3n) is 5.66. The number of hydrogen-bond acceptors (Lipinski definition) is 4. The SMILES string of the molecule is CCc1ccc(-c2c(-c3ccccc3)oc3nccc(NCCCCCC(=O)O)c23)cc1. The number of benzene rings is 2. The van der Waals surface area contributed by atoms with E-state index in [1.807, 2.05) is 24.3 Å². The number of carboxylic acids is 1. The van der Waals surface area contributed by atoms with Crippen LogP contribution in [-0.4, -0.2) is 22.6 Å². The molecule has 0 saturated heterocycles. The van der Waals surface area contributed by atoms with Crippen molar-refractivity contribution in [2.75, 3.05) is 11.9 Å². The van der Waals surface area contributed by atoms with Crippen LogP contribution in [0.25, 0.3) is 33.6 Å². The van der Waals surface area contributed by atoms with Gasteiger partial charge in [-0.15, -0.1) is 0 Å². The molecule has 0 atom stereocenters. The van der Waals surface area contributed by atoms with Crippen molar-refractivity contribution >= 4 is 22.8 Å². The van der Waals surface area contributed by atoms with E-state index in [4.69, 9.17) is 9.52 Å². The minimum atomic E-state index is -0.737. The van der Waals surface area contributed by atoms with E-state index in [-0.39, 0.29) is 6.42 Å². The fourth-order valence-corrected chi connectivity index (χ4v) is 3.95. The maximum Gasteiger partial charge on any atom is 0.303 e. The van der Waals surface area contributed by atoms with Crippen molar-refractivity contribution < 1.29 is 14.3 Å². The molecule has 0 unspecified atom stereocenters. The lowest BCUT2D eigenvalue weighted by atomic mass is 9.97. The molecule has 4 rings (SSSR count). The standard InChI is InChI=1S/C27H28N2O3/c1-2-19-12-14-20(15-13-19)24-25-22(28-17-8-4-7-11-23(30)31)16-18-29-27(25)32-26(24)21-9-5-3-6-10-21/h3,5-6,9-10,12-16,18H,2,4,7-8,11,17H2,1H3,(H,28,29)(H,30,31). The first-order valence-corrected chi connectivity index (χ1v) is 11.2. The number of aromatic nitrogens is 1. The summed E-state index contributed by atoms with van der Waals surface area (Å²) in [6.07, 6.45) is 5.45. The number of furan rings is 1. The zero-order valence-corrected chi connectivity index (χ0v) is 18.3. The van der Waals surface area contributed by atoms with Gasteiger partial charge in [0.15, 0.2) is 0 Å². The van der Waals surface area contributed by atoms with Gasteiger partial charge in [-0.25, -0.2) is 4.98 Å². The summed E-state index contributed by atoms with van der Waals surface area (Å²) in [6, 6.07) is 20.7. The number of rotatable bonds is 10. The zero-order chi connectivity index (χ0) is 22.3. The third-order valence-corrected chi connectivity index (χ3v) is 5.66. The second-order valence-electron chi connectivity index (χ2n) is 7.89. The first-order valence-electron chi connectivity index (χ1n) is 11.2. The number of hydrogen-bond donors (Lipinski definition) is 2. The van der Waals surface area contributed by atoms with Crippen LogP contribution in [0.3, 0.4) is 0 Å². The Hall–Kier alpha value is -3.60. The Balaban J connectivity index is 1.71. The number of anilines is 1. The molecule has 2 N–H and O–H groups in total. The van der Waals surface area contributed by atoms with Gasteiger partial charge >= 0.3 is 5.97 Å². The Bertz CT molecular complexity index is 1180. The van der Waals surface area contributed by atoms with Gasteiger partial charge in [0.05, 0.1) is 5.39 Å². The highest BCUT2D eigenvalue weighted by molar-refractivity contribution is 6.06. The van der Waals surface area contributed by atoms with Crippen molar-refractivity contribution in [1.82, 2.24) is 4.98 Å². The Morgan fingerprint density at radius 3 is 2.47 bits per heavy atom. The number of fused-ring (bicyclic) bond motifs is 1. The zero-order valence-electron chi connectivity index (χ0n) is 18.3. The Kier molecular flexibility index (Phi) is 6.85. The number of carboxylic acid groups (broad SMARTS) is 1. The molecule has 2 aromatic carbocycles. The van der Waals surface area contributed by atoms with Crippen LogP contribution in [0, 0.1) is 0 Å². The Morgan fingerprint density at radius 1 is 0.969 bits per heavy atom. The largest absolute Gasteiger partial charge is 0.481 e. The van der Waals surface area contributed by atoms with Crippen LogP contribution in [-0.2, 0) is 11.2 Å². The van der Waals surface area contributed by atoms with Gasteiger partial charge in [-0.05, 0) is 36.5 Å². The molecule has 5 heteroatoms. The highest BCUT2D eigenvalue weighted by Crippen LogP contribution is 2.43. The van der Waals surface area contributed by atoms with Gasteiger partial charge in [0.2, 0.25) is 5.71 Å². The van der Waals surface area contributed by atoms with Crippen molar-refractivity contribution in [1.29, 1.82) is 0 Å². The second kappa shape index (κ2) is 10.1. The first-order chi connectivity index (χ1) is 15.7. The minimum absolute atomic E-state index is 0.222. The summed E-state index contributed by atoms with van der Waals surface area (Å²) in [4.78, 5) is 15.2. The molecule has 0 aliphatic carbocycles. The van der Waals surface area contributed by atoms with Gasteiger partial charge in [0, 0.05) is 36.0 Å². The van der Waals surface area contributed by atoms with Crippen LogP contribution in [0.4, 0.5) is 5.69 Å². The summed E-state index contributed by atoms with van der Waals surface area (Å²) in [6.45, 7) is 2.92. The lowest BCUT2D eigenvalue weighted by Crippen LogP contribution is -2.03. The summed E-state index contributed by atoms with van der Waals surface area (Å²) in [5.41, 5.74) is 6.02. The van der Waals surface area contributed by atoms with E-state index in [2.05, 4.69) is 53.6 Å². The summed E-state index contributed by atoms with van der Waals surface area (Å²) in [7, 11) is 0. The fraction of sp³-hybridized carbons (Fsp3) is 0.259. The summed E-state index contributed by atoms with van der Waals surface area (Å²) < 4.78 is 6.29. The van der Waals surface area contributed by atoms with E-state index in [1.165, 1.54) is 5.56 Å². The van der Waals surface area contributed by atoms with Gasteiger partial charge in [-0.1, -0.05) is 67.9 Å². The molecule has 2 aromatic heterocycles. The van der Waals surface area contributed by atoms with Crippen molar-refractivity contribution in [2.45, 2.75) is 39.0 Å². The predicted octanol–water partition coefficient (Wildman–Crippen LogP) is 6.78. The monoisotopic (exact) mass is 428 g/mol. The molecule has 32 heavy (non-hydrogen) atoms. The molecule has 4 aromatic rings.